The summed E-state index contributed by atoms with van der Waals surface area (Å²) >= 11 is 0. The van der Waals surface area contributed by atoms with Crippen LogP contribution in [0.15, 0.2) is 28.9 Å². The van der Waals surface area contributed by atoms with Gasteiger partial charge in [-0.2, -0.15) is 0 Å². The summed E-state index contributed by atoms with van der Waals surface area (Å²) in [5.41, 5.74) is 8.80. The minimum absolute atomic E-state index is 0.555. The number of benzene rings is 1. The SMILES string of the molecule is CCNCc1coc2cc(CN)ccc12. The molecule has 3 N–H and O–H groups in total. The highest BCUT2D eigenvalue weighted by Gasteiger charge is 2.05. The molecule has 0 aliphatic heterocycles. The lowest BCUT2D eigenvalue weighted by Crippen LogP contribution is -2.11. The molecule has 0 saturated carbocycles. The van der Waals surface area contributed by atoms with Gasteiger partial charge in [0.15, 0.2) is 0 Å². The molecular weight excluding hydrogens is 188 g/mol. The molecule has 2 rings (SSSR count). The van der Waals surface area contributed by atoms with E-state index in [-0.39, 0.29) is 0 Å². The molecule has 3 heteroatoms. The van der Waals surface area contributed by atoms with Crippen molar-refractivity contribution in [1.82, 2.24) is 5.32 Å². The first-order valence-electron chi connectivity index (χ1n) is 5.25. The predicted octanol–water partition coefficient (Wildman–Crippen LogP) is 2.00. The zero-order valence-electron chi connectivity index (χ0n) is 8.92. The van der Waals surface area contributed by atoms with Crippen LogP contribution in [0.3, 0.4) is 0 Å². The molecule has 0 amide bonds. The van der Waals surface area contributed by atoms with Crippen molar-refractivity contribution >= 4 is 11.0 Å². The van der Waals surface area contributed by atoms with Crippen LogP contribution < -0.4 is 11.1 Å². The fourth-order valence-electron chi connectivity index (χ4n) is 1.65. The molecule has 1 aromatic heterocycles. The third-order valence-electron chi connectivity index (χ3n) is 2.52. The van der Waals surface area contributed by atoms with Gasteiger partial charge in [-0.25, -0.2) is 0 Å². The van der Waals surface area contributed by atoms with E-state index in [2.05, 4.69) is 18.3 Å². The van der Waals surface area contributed by atoms with Gasteiger partial charge in [0, 0.05) is 24.0 Å². The summed E-state index contributed by atoms with van der Waals surface area (Å²) in [6, 6.07) is 6.13. The van der Waals surface area contributed by atoms with Crippen molar-refractivity contribution in [3.63, 3.8) is 0 Å². The molecule has 0 spiro atoms. The van der Waals surface area contributed by atoms with Crippen LogP contribution in [0.25, 0.3) is 11.0 Å². The minimum Gasteiger partial charge on any atom is -0.464 e. The Morgan fingerprint density at radius 3 is 3.00 bits per heavy atom. The average Bonchev–Trinajstić information content (AvgIpc) is 2.68. The Bertz CT molecular complexity index is 448. The van der Waals surface area contributed by atoms with E-state index in [9.17, 15) is 0 Å². The van der Waals surface area contributed by atoms with E-state index >= 15 is 0 Å². The molecule has 3 nitrogen and oxygen atoms in total. The summed E-state index contributed by atoms with van der Waals surface area (Å²) in [5, 5.41) is 4.46. The minimum atomic E-state index is 0.555. The zero-order chi connectivity index (χ0) is 10.7. The number of fused-ring (bicyclic) bond motifs is 1. The topological polar surface area (TPSA) is 51.2 Å². The van der Waals surface area contributed by atoms with Gasteiger partial charge >= 0.3 is 0 Å². The monoisotopic (exact) mass is 204 g/mol. The van der Waals surface area contributed by atoms with E-state index in [1.165, 1.54) is 10.9 Å². The second-order valence-corrected chi connectivity index (χ2v) is 3.58. The highest BCUT2D eigenvalue weighted by molar-refractivity contribution is 5.81. The molecule has 0 fully saturated rings. The number of nitrogens with one attached hydrogen (secondary N) is 1. The van der Waals surface area contributed by atoms with Crippen LogP contribution >= 0.6 is 0 Å². The van der Waals surface area contributed by atoms with Crippen molar-refractivity contribution < 1.29 is 4.42 Å². The molecule has 0 aliphatic rings. The van der Waals surface area contributed by atoms with Crippen molar-refractivity contribution in [3.05, 3.63) is 35.6 Å². The van der Waals surface area contributed by atoms with Gasteiger partial charge in [-0.15, -0.1) is 0 Å². The Kier molecular flexibility index (Phi) is 3.04. The molecule has 0 radical (unpaired) electrons. The van der Waals surface area contributed by atoms with Gasteiger partial charge in [0.05, 0.1) is 6.26 Å². The van der Waals surface area contributed by atoms with E-state index in [1.54, 1.807) is 0 Å². The number of furan rings is 1. The molecule has 2 aromatic rings. The number of nitrogens with two attached hydrogens (primary N) is 1. The molecule has 1 aromatic carbocycles. The van der Waals surface area contributed by atoms with Crippen LogP contribution in [0.4, 0.5) is 0 Å². The smallest absolute Gasteiger partial charge is 0.134 e. The first kappa shape index (κ1) is 10.2. The third kappa shape index (κ3) is 2.03. The maximum Gasteiger partial charge on any atom is 0.134 e. The molecule has 0 saturated heterocycles. The van der Waals surface area contributed by atoms with Crippen molar-refractivity contribution in [2.75, 3.05) is 6.54 Å². The van der Waals surface area contributed by atoms with Crippen LogP contribution in [0.2, 0.25) is 0 Å². The van der Waals surface area contributed by atoms with E-state index in [0.29, 0.717) is 6.54 Å². The Morgan fingerprint density at radius 2 is 2.27 bits per heavy atom. The fraction of sp³-hybridized carbons (Fsp3) is 0.333. The van der Waals surface area contributed by atoms with Gasteiger partial charge in [-0.3, -0.25) is 0 Å². The second kappa shape index (κ2) is 4.47. The number of hydrogen-bond acceptors (Lipinski definition) is 3. The normalized spacial score (nSPS) is 11.1. The molecule has 0 unspecified atom stereocenters. The van der Waals surface area contributed by atoms with E-state index in [4.69, 9.17) is 10.2 Å². The average molecular weight is 204 g/mol. The van der Waals surface area contributed by atoms with Crippen LogP contribution in [0, 0.1) is 0 Å². The number of rotatable bonds is 4. The van der Waals surface area contributed by atoms with Crippen molar-refractivity contribution in [2.45, 2.75) is 20.0 Å². The lowest BCUT2D eigenvalue weighted by atomic mass is 10.1. The second-order valence-electron chi connectivity index (χ2n) is 3.58. The van der Waals surface area contributed by atoms with Gasteiger partial charge in [0.25, 0.3) is 0 Å². The summed E-state index contributed by atoms with van der Waals surface area (Å²) in [6.45, 7) is 4.47. The van der Waals surface area contributed by atoms with Crippen LogP contribution in [-0.2, 0) is 13.1 Å². The Labute approximate surface area is 89.3 Å². The van der Waals surface area contributed by atoms with Crippen LogP contribution in [0.1, 0.15) is 18.1 Å². The standard InChI is InChI=1S/C12H16N2O/c1-2-14-7-10-8-15-12-5-9(6-13)3-4-11(10)12/h3-5,8,14H,2,6-7,13H2,1H3. The molecule has 1 heterocycles. The van der Waals surface area contributed by atoms with Gasteiger partial charge < -0.3 is 15.5 Å². The maximum absolute atomic E-state index is 5.57. The highest BCUT2D eigenvalue weighted by Crippen LogP contribution is 2.22. The zero-order valence-corrected chi connectivity index (χ0v) is 8.92. The van der Waals surface area contributed by atoms with E-state index in [0.717, 1.165) is 24.2 Å². The van der Waals surface area contributed by atoms with Crippen molar-refractivity contribution in [1.29, 1.82) is 0 Å². The maximum atomic E-state index is 5.57. The summed E-state index contributed by atoms with van der Waals surface area (Å²) < 4.78 is 5.49. The molecule has 0 atom stereocenters. The van der Waals surface area contributed by atoms with Crippen molar-refractivity contribution in [2.24, 2.45) is 5.73 Å². The fourth-order valence-corrected chi connectivity index (χ4v) is 1.65. The molecule has 0 bridgehead atoms. The van der Waals surface area contributed by atoms with Gasteiger partial charge in [0.2, 0.25) is 0 Å². The quantitative estimate of drug-likeness (QED) is 0.801. The van der Waals surface area contributed by atoms with E-state index in [1.807, 2.05) is 18.4 Å². The Hall–Kier alpha value is -1.32. The lowest BCUT2D eigenvalue weighted by Gasteiger charge is -1.99. The summed E-state index contributed by atoms with van der Waals surface area (Å²) in [4.78, 5) is 0. The molecule has 15 heavy (non-hydrogen) atoms. The first-order valence-corrected chi connectivity index (χ1v) is 5.25. The Morgan fingerprint density at radius 1 is 1.40 bits per heavy atom. The molecule has 80 valence electrons. The van der Waals surface area contributed by atoms with Gasteiger partial charge in [-0.05, 0) is 18.2 Å². The number of hydrogen-bond donors (Lipinski definition) is 2. The third-order valence-corrected chi connectivity index (χ3v) is 2.52. The molecular formula is C12H16N2O. The van der Waals surface area contributed by atoms with Crippen LogP contribution in [-0.4, -0.2) is 6.54 Å². The van der Waals surface area contributed by atoms with Gasteiger partial charge in [0.1, 0.15) is 5.58 Å². The summed E-state index contributed by atoms with van der Waals surface area (Å²) in [6.07, 6.45) is 1.81. The predicted molar refractivity (Wildman–Crippen MR) is 61.5 cm³/mol. The Balaban J connectivity index is 2.34. The van der Waals surface area contributed by atoms with Gasteiger partial charge in [-0.1, -0.05) is 19.1 Å². The molecule has 0 aliphatic carbocycles. The van der Waals surface area contributed by atoms with Crippen LogP contribution in [0.5, 0.6) is 0 Å². The van der Waals surface area contributed by atoms with Crippen molar-refractivity contribution in [3.8, 4) is 0 Å². The van der Waals surface area contributed by atoms with E-state index < -0.39 is 0 Å². The largest absolute Gasteiger partial charge is 0.464 e. The highest BCUT2D eigenvalue weighted by atomic mass is 16.3. The first-order chi connectivity index (χ1) is 7.35. The lowest BCUT2D eigenvalue weighted by molar-refractivity contribution is 0.604. The summed E-state index contributed by atoms with van der Waals surface area (Å²) in [7, 11) is 0. The summed E-state index contributed by atoms with van der Waals surface area (Å²) in [5.74, 6) is 0.